The number of ether oxygens (including phenoxy) is 1. The van der Waals surface area contributed by atoms with Gasteiger partial charge in [-0.15, -0.1) is 10.2 Å². The maximum atomic E-state index is 11.8. The van der Waals surface area contributed by atoms with E-state index in [4.69, 9.17) is 4.74 Å². The van der Waals surface area contributed by atoms with Crippen LogP contribution in [0, 0.1) is 0 Å². The lowest BCUT2D eigenvalue weighted by atomic mass is 10.2. The van der Waals surface area contributed by atoms with E-state index in [0.29, 0.717) is 17.6 Å². The van der Waals surface area contributed by atoms with Crippen molar-refractivity contribution < 1.29 is 9.53 Å². The van der Waals surface area contributed by atoms with Crippen molar-refractivity contribution in [1.82, 2.24) is 15.5 Å². The summed E-state index contributed by atoms with van der Waals surface area (Å²) in [7, 11) is 1.62. The molecule has 0 atom stereocenters. The number of anilines is 1. The summed E-state index contributed by atoms with van der Waals surface area (Å²) >= 11 is 1.45. The average Bonchev–Trinajstić information content (AvgIpc) is 3.26. The Bertz CT molecular complexity index is 622. The first-order valence-corrected chi connectivity index (χ1v) is 7.57. The fraction of sp³-hybridized carbons (Fsp3) is 0.357. The monoisotopic (exact) mass is 304 g/mol. The minimum atomic E-state index is -0.274. The number of nitrogens with one attached hydrogen (secondary N) is 2. The van der Waals surface area contributed by atoms with Crippen LogP contribution in [-0.2, 0) is 6.54 Å². The van der Waals surface area contributed by atoms with E-state index in [1.54, 1.807) is 7.11 Å². The second kappa shape index (κ2) is 6.09. The van der Waals surface area contributed by atoms with Gasteiger partial charge in [0.2, 0.25) is 5.13 Å². The molecule has 3 rings (SSSR count). The fourth-order valence-electron chi connectivity index (χ4n) is 1.85. The van der Waals surface area contributed by atoms with Crippen LogP contribution in [0.15, 0.2) is 24.3 Å². The number of carbonyl (C=O) groups is 1. The predicted molar refractivity (Wildman–Crippen MR) is 80.7 cm³/mol. The van der Waals surface area contributed by atoms with Crippen LogP contribution in [0.4, 0.5) is 9.93 Å². The third-order valence-electron chi connectivity index (χ3n) is 3.20. The van der Waals surface area contributed by atoms with Crippen LogP contribution >= 0.6 is 11.3 Å². The number of rotatable bonds is 5. The van der Waals surface area contributed by atoms with Crippen LogP contribution in [0.2, 0.25) is 0 Å². The molecule has 1 fully saturated rings. The van der Waals surface area contributed by atoms with Crippen molar-refractivity contribution in [2.24, 2.45) is 0 Å². The maximum absolute atomic E-state index is 11.8. The number of urea groups is 1. The molecule has 2 amide bonds. The summed E-state index contributed by atoms with van der Waals surface area (Å²) in [4.78, 5) is 11.8. The molecule has 1 aliphatic carbocycles. The molecule has 21 heavy (non-hydrogen) atoms. The molecule has 1 aliphatic rings. The first-order chi connectivity index (χ1) is 10.2. The van der Waals surface area contributed by atoms with Crippen molar-refractivity contribution in [2.45, 2.75) is 25.3 Å². The lowest BCUT2D eigenvalue weighted by Gasteiger charge is -2.06. The molecule has 6 nitrogen and oxygen atoms in total. The minimum absolute atomic E-state index is 0.274. The molecule has 1 aromatic carbocycles. The normalized spacial score (nSPS) is 13.8. The highest BCUT2D eigenvalue weighted by Gasteiger charge is 2.27. The van der Waals surface area contributed by atoms with Crippen LogP contribution in [0.1, 0.15) is 29.3 Å². The maximum Gasteiger partial charge on any atom is 0.321 e. The van der Waals surface area contributed by atoms with Crippen molar-refractivity contribution in [1.29, 1.82) is 0 Å². The number of nitrogens with zero attached hydrogens (tertiary/aromatic N) is 2. The number of hydrogen-bond donors (Lipinski definition) is 2. The van der Waals surface area contributed by atoms with E-state index >= 15 is 0 Å². The van der Waals surface area contributed by atoms with Crippen LogP contribution in [0.3, 0.4) is 0 Å². The van der Waals surface area contributed by atoms with Crippen LogP contribution in [-0.4, -0.2) is 23.3 Å². The van der Waals surface area contributed by atoms with Crippen molar-refractivity contribution >= 4 is 22.5 Å². The lowest BCUT2D eigenvalue weighted by Crippen LogP contribution is -2.28. The summed E-state index contributed by atoms with van der Waals surface area (Å²) < 4.78 is 5.09. The molecule has 0 aliphatic heterocycles. The van der Waals surface area contributed by atoms with Gasteiger partial charge in [0, 0.05) is 12.5 Å². The molecule has 2 N–H and O–H groups in total. The van der Waals surface area contributed by atoms with E-state index in [2.05, 4.69) is 20.8 Å². The molecule has 0 radical (unpaired) electrons. The third-order valence-corrected chi connectivity index (χ3v) is 4.20. The number of benzene rings is 1. The molecule has 2 aromatic rings. The largest absolute Gasteiger partial charge is 0.497 e. The zero-order valence-corrected chi connectivity index (χ0v) is 12.4. The van der Waals surface area contributed by atoms with E-state index in [1.165, 1.54) is 24.2 Å². The molecule has 0 bridgehead atoms. The molecule has 0 spiro atoms. The quantitative estimate of drug-likeness (QED) is 0.890. The molecule has 1 aromatic heterocycles. The van der Waals surface area contributed by atoms with Crippen molar-refractivity contribution in [2.75, 3.05) is 12.4 Å². The van der Waals surface area contributed by atoms with Crippen LogP contribution in [0.25, 0.3) is 0 Å². The highest BCUT2D eigenvalue weighted by molar-refractivity contribution is 7.15. The predicted octanol–water partition coefficient (Wildman–Crippen LogP) is 2.75. The Morgan fingerprint density at radius 2 is 2.10 bits per heavy atom. The zero-order valence-electron chi connectivity index (χ0n) is 11.6. The minimum Gasteiger partial charge on any atom is -0.497 e. The highest BCUT2D eigenvalue weighted by atomic mass is 32.1. The Balaban J connectivity index is 1.48. The van der Waals surface area contributed by atoms with Gasteiger partial charge in [0.1, 0.15) is 10.8 Å². The topological polar surface area (TPSA) is 76.1 Å². The van der Waals surface area contributed by atoms with Crippen LogP contribution < -0.4 is 15.4 Å². The van der Waals surface area contributed by atoms with Gasteiger partial charge in [0.05, 0.1) is 7.11 Å². The third kappa shape index (κ3) is 3.69. The van der Waals surface area contributed by atoms with Crippen molar-refractivity contribution in [3.63, 3.8) is 0 Å². The Labute approximate surface area is 126 Å². The average molecular weight is 304 g/mol. The van der Waals surface area contributed by atoms with Gasteiger partial charge in [-0.1, -0.05) is 23.5 Å². The van der Waals surface area contributed by atoms with Gasteiger partial charge in [-0.25, -0.2) is 4.79 Å². The van der Waals surface area contributed by atoms with E-state index < -0.39 is 0 Å². The molecule has 110 valence electrons. The Morgan fingerprint density at radius 1 is 1.33 bits per heavy atom. The molecular weight excluding hydrogens is 288 g/mol. The SMILES string of the molecule is COc1ccc(CNC(=O)Nc2nnc(C3CC3)s2)cc1. The van der Waals surface area contributed by atoms with E-state index in [-0.39, 0.29) is 6.03 Å². The van der Waals surface area contributed by atoms with E-state index in [9.17, 15) is 4.79 Å². The van der Waals surface area contributed by atoms with Gasteiger partial charge >= 0.3 is 6.03 Å². The van der Waals surface area contributed by atoms with Gasteiger partial charge < -0.3 is 10.1 Å². The molecule has 0 saturated heterocycles. The van der Waals surface area contributed by atoms with Crippen LogP contribution in [0.5, 0.6) is 5.75 Å². The number of methoxy groups -OCH3 is 1. The number of carbonyl (C=O) groups excluding carboxylic acids is 1. The standard InChI is InChI=1S/C14H16N4O2S/c1-20-11-6-2-9(3-7-11)8-15-13(19)16-14-18-17-12(21-14)10-4-5-10/h2-3,6-7,10H,4-5,8H2,1H3,(H2,15,16,18,19). The number of aromatic nitrogens is 2. The Kier molecular flexibility index (Phi) is 4.01. The van der Waals surface area contributed by atoms with Gasteiger partial charge in [0.15, 0.2) is 0 Å². The summed E-state index contributed by atoms with van der Waals surface area (Å²) in [5.41, 5.74) is 1.00. The first-order valence-electron chi connectivity index (χ1n) is 6.76. The van der Waals surface area contributed by atoms with Gasteiger partial charge in [-0.3, -0.25) is 5.32 Å². The van der Waals surface area contributed by atoms with Crippen molar-refractivity contribution in [3.8, 4) is 5.75 Å². The van der Waals surface area contributed by atoms with E-state index in [0.717, 1.165) is 16.3 Å². The smallest absolute Gasteiger partial charge is 0.321 e. The second-order valence-electron chi connectivity index (χ2n) is 4.88. The Morgan fingerprint density at radius 3 is 2.76 bits per heavy atom. The van der Waals surface area contributed by atoms with Gasteiger partial charge in [-0.2, -0.15) is 0 Å². The summed E-state index contributed by atoms with van der Waals surface area (Å²) in [6.45, 7) is 0.449. The van der Waals surface area contributed by atoms with Crippen molar-refractivity contribution in [3.05, 3.63) is 34.8 Å². The van der Waals surface area contributed by atoms with Gasteiger partial charge in [0.25, 0.3) is 0 Å². The van der Waals surface area contributed by atoms with Gasteiger partial charge in [-0.05, 0) is 30.5 Å². The lowest BCUT2D eigenvalue weighted by molar-refractivity contribution is 0.251. The Hall–Kier alpha value is -2.15. The number of hydrogen-bond acceptors (Lipinski definition) is 5. The molecule has 1 saturated carbocycles. The fourth-order valence-corrected chi connectivity index (χ4v) is 2.75. The summed E-state index contributed by atoms with van der Waals surface area (Å²) in [6, 6.07) is 7.28. The second-order valence-corrected chi connectivity index (χ2v) is 5.88. The summed E-state index contributed by atoms with van der Waals surface area (Å²) in [5, 5.41) is 15.1. The molecule has 7 heteroatoms. The molecule has 1 heterocycles. The first kappa shape index (κ1) is 13.8. The van der Waals surface area contributed by atoms with E-state index in [1.807, 2.05) is 24.3 Å². The number of amides is 2. The molecule has 0 unspecified atom stereocenters. The zero-order chi connectivity index (χ0) is 14.7. The highest BCUT2D eigenvalue weighted by Crippen LogP contribution is 2.41. The molecular formula is C14H16N4O2S. The summed E-state index contributed by atoms with van der Waals surface area (Å²) in [5.74, 6) is 1.35. The summed E-state index contributed by atoms with van der Waals surface area (Å²) in [6.07, 6.45) is 2.36.